The molecule has 112 valence electrons. The van der Waals surface area contributed by atoms with Gasteiger partial charge in [0, 0.05) is 6.54 Å². The molecule has 0 radical (unpaired) electrons. The van der Waals surface area contributed by atoms with E-state index in [1.54, 1.807) is 0 Å². The first-order chi connectivity index (χ1) is 9.63. The van der Waals surface area contributed by atoms with Crippen LogP contribution in [0.25, 0.3) is 0 Å². The molecule has 0 spiro atoms. The van der Waals surface area contributed by atoms with Crippen molar-refractivity contribution in [1.29, 1.82) is 0 Å². The van der Waals surface area contributed by atoms with Crippen molar-refractivity contribution in [1.82, 2.24) is 15.0 Å². The highest BCUT2D eigenvalue weighted by atomic mass is 16.5. The van der Waals surface area contributed by atoms with Crippen molar-refractivity contribution in [2.75, 3.05) is 30.4 Å². The van der Waals surface area contributed by atoms with Crippen LogP contribution in [0, 0.1) is 0 Å². The SMILES string of the molecule is CCCOc1nc(N)nc(N2CC(C)OCC2CC)n1. The number of nitrogens with zero attached hydrogens (tertiary/aromatic N) is 4. The number of rotatable bonds is 5. The minimum Gasteiger partial charge on any atom is -0.463 e. The molecule has 0 saturated carbocycles. The molecule has 1 aromatic heterocycles. The van der Waals surface area contributed by atoms with Crippen LogP contribution < -0.4 is 15.4 Å². The van der Waals surface area contributed by atoms with Crippen molar-refractivity contribution in [2.24, 2.45) is 0 Å². The number of hydrogen-bond donors (Lipinski definition) is 1. The zero-order valence-corrected chi connectivity index (χ0v) is 12.4. The van der Waals surface area contributed by atoms with E-state index in [0.29, 0.717) is 25.2 Å². The van der Waals surface area contributed by atoms with Gasteiger partial charge in [-0.1, -0.05) is 13.8 Å². The molecule has 1 aromatic rings. The number of hydrogen-bond acceptors (Lipinski definition) is 7. The van der Waals surface area contributed by atoms with Crippen LogP contribution in [0.5, 0.6) is 6.01 Å². The van der Waals surface area contributed by atoms with Gasteiger partial charge in [0.1, 0.15) is 0 Å². The fraction of sp³-hybridized carbons (Fsp3) is 0.769. The zero-order valence-electron chi connectivity index (χ0n) is 12.4. The summed E-state index contributed by atoms with van der Waals surface area (Å²) in [6, 6.07) is 0.551. The van der Waals surface area contributed by atoms with E-state index >= 15 is 0 Å². The van der Waals surface area contributed by atoms with Crippen molar-refractivity contribution >= 4 is 11.9 Å². The standard InChI is InChI=1S/C13H23N5O2/c1-4-6-19-13-16-11(14)15-12(17-13)18-7-9(3)20-8-10(18)5-2/h9-10H,4-8H2,1-3H3,(H2,14,15,16,17). The van der Waals surface area contributed by atoms with E-state index in [2.05, 4.69) is 26.8 Å². The molecular weight excluding hydrogens is 258 g/mol. The van der Waals surface area contributed by atoms with E-state index in [4.69, 9.17) is 15.2 Å². The Bertz CT molecular complexity index is 443. The second-order valence-electron chi connectivity index (χ2n) is 4.98. The topological polar surface area (TPSA) is 86.4 Å². The van der Waals surface area contributed by atoms with Crippen LogP contribution in [0.1, 0.15) is 33.6 Å². The predicted molar refractivity (Wildman–Crippen MR) is 76.9 cm³/mol. The Labute approximate surface area is 119 Å². The summed E-state index contributed by atoms with van der Waals surface area (Å²) in [6.07, 6.45) is 2.01. The lowest BCUT2D eigenvalue weighted by molar-refractivity contribution is 0.0292. The molecular formula is C13H23N5O2. The van der Waals surface area contributed by atoms with Gasteiger partial charge in [-0.15, -0.1) is 0 Å². The Morgan fingerprint density at radius 3 is 2.85 bits per heavy atom. The van der Waals surface area contributed by atoms with E-state index < -0.39 is 0 Å². The summed E-state index contributed by atoms with van der Waals surface area (Å²) in [5.41, 5.74) is 5.76. The highest BCUT2D eigenvalue weighted by Crippen LogP contribution is 2.22. The average molecular weight is 281 g/mol. The van der Waals surface area contributed by atoms with Gasteiger partial charge in [0.25, 0.3) is 0 Å². The molecule has 0 aromatic carbocycles. The molecule has 0 bridgehead atoms. The van der Waals surface area contributed by atoms with Gasteiger partial charge in [-0.25, -0.2) is 0 Å². The monoisotopic (exact) mass is 281 g/mol. The van der Waals surface area contributed by atoms with Gasteiger partial charge in [-0.2, -0.15) is 15.0 Å². The highest BCUT2D eigenvalue weighted by Gasteiger charge is 2.28. The maximum Gasteiger partial charge on any atom is 0.323 e. The summed E-state index contributed by atoms with van der Waals surface area (Å²) in [7, 11) is 0. The van der Waals surface area contributed by atoms with Crippen molar-refractivity contribution in [3.63, 3.8) is 0 Å². The lowest BCUT2D eigenvalue weighted by Gasteiger charge is -2.38. The van der Waals surface area contributed by atoms with Crippen molar-refractivity contribution in [2.45, 2.75) is 45.8 Å². The highest BCUT2D eigenvalue weighted by molar-refractivity contribution is 5.38. The van der Waals surface area contributed by atoms with Gasteiger partial charge in [-0.3, -0.25) is 0 Å². The number of ether oxygens (including phenoxy) is 2. The van der Waals surface area contributed by atoms with E-state index in [-0.39, 0.29) is 18.1 Å². The first kappa shape index (κ1) is 14.8. The van der Waals surface area contributed by atoms with E-state index in [1.165, 1.54) is 0 Å². The van der Waals surface area contributed by atoms with Crippen LogP contribution >= 0.6 is 0 Å². The van der Waals surface area contributed by atoms with Crippen molar-refractivity contribution < 1.29 is 9.47 Å². The fourth-order valence-electron chi connectivity index (χ4n) is 2.17. The Balaban J connectivity index is 2.22. The number of nitrogens with two attached hydrogens (primary N) is 1. The summed E-state index contributed by atoms with van der Waals surface area (Å²) >= 11 is 0. The summed E-state index contributed by atoms with van der Waals surface area (Å²) in [5, 5.41) is 0. The Morgan fingerprint density at radius 2 is 2.15 bits per heavy atom. The van der Waals surface area contributed by atoms with Crippen molar-refractivity contribution in [3.05, 3.63) is 0 Å². The Kier molecular flexibility index (Phi) is 4.94. The van der Waals surface area contributed by atoms with E-state index in [0.717, 1.165) is 19.4 Å². The largest absolute Gasteiger partial charge is 0.463 e. The van der Waals surface area contributed by atoms with Crippen molar-refractivity contribution in [3.8, 4) is 6.01 Å². The predicted octanol–water partition coefficient (Wildman–Crippen LogP) is 1.25. The first-order valence-electron chi connectivity index (χ1n) is 7.16. The molecule has 1 saturated heterocycles. The van der Waals surface area contributed by atoms with Crippen LogP contribution in [0.15, 0.2) is 0 Å². The van der Waals surface area contributed by atoms with Crippen LogP contribution in [0.3, 0.4) is 0 Å². The van der Waals surface area contributed by atoms with E-state index in [1.807, 2.05) is 13.8 Å². The molecule has 7 nitrogen and oxygen atoms in total. The maximum absolute atomic E-state index is 5.76. The van der Waals surface area contributed by atoms with Gasteiger partial charge in [0.05, 0.1) is 25.4 Å². The minimum absolute atomic E-state index is 0.149. The molecule has 2 unspecified atom stereocenters. The lowest BCUT2D eigenvalue weighted by atomic mass is 10.1. The molecule has 2 N–H and O–H groups in total. The summed E-state index contributed by atoms with van der Waals surface area (Å²) in [6.45, 7) is 8.18. The fourth-order valence-corrected chi connectivity index (χ4v) is 2.17. The number of morpholine rings is 1. The third-order valence-corrected chi connectivity index (χ3v) is 3.25. The quantitative estimate of drug-likeness (QED) is 0.869. The second kappa shape index (κ2) is 6.69. The number of anilines is 2. The first-order valence-corrected chi connectivity index (χ1v) is 7.16. The molecule has 1 fully saturated rings. The molecule has 2 atom stereocenters. The minimum atomic E-state index is 0.149. The third-order valence-electron chi connectivity index (χ3n) is 3.25. The van der Waals surface area contributed by atoms with Crippen LogP contribution in [-0.2, 0) is 4.74 Å². The summed E-state index contributed by atoms with van der Waals surface area (Å²) in [5.74, 6) is 0.765. The van der Waals surface area contributed by atoms with E-state index in [9.17, 15) is 0 Å². The molecule has 7 heteroatoms. The molecule has 2 heterocycles. The summed E-state index contributed by atoms with van der Waals surface area (Å²) < 4.78 is 11.1. The molecule has 2 rings (SSSR count). The van der Waals surface area contributed by atoms with Gasteiger partial charge in [0.15, 0.2) is 0 Å². The third kappa shape index (κ3) is 3.47. The molecule has 0 amide bonds. The smallest absolute Gasteiger partial charge is 0.323 e. The van der Waals surface area contributed by atoms with Crippen LogP contribution in [-0.4, -0.2) is 46.9 Å². The molecule has 0 aliphatic carbocycles. The van der Waals surface area contributed by atoms with Gasteiger partial charge >= 0.3 is 6.01 Å². The molecule has 1 aliphatic rings. The van der Waals surface area contributed by atoms with Crippen LogP contribution in [0.2, 0.25) is 0 Å². The Hall–Kier alpha value is -1.63. The Morgan fingerprint density at radius 1 is 1.35 bits per heavy atom. The molecule has 1 aliphatic heterocycles. The van der Waals surface area contributed by atoms with Gasteiger partial charge in [-0.05, 0) is 19.8 Å². The number of aromatic nitrogens is 3. The zero-order chi connectivity index (χ0) is 14.5. The average Bonchev–Trinajstić information content (AvgIpc) is 2.44. The molecule has 20 heavy (non-hydrogen) atoms. The number of nitrogen functional groups attached to an aromatic ring is 1. The lowest BCUT2D eigenvalue weighted by Crippen LogP contribution is -2.49. The van der Waals surface area contributed by atoms with Gasteiger partial charge < -0.3 is 20.1 Å². The van der Waals surface area contributed by atoms with Crippen LogP contribution in [0.4, 0.5) is 11.9 Å². The summed E-state index contributed by atoms with van der Waals surface area (Å²) in [4.78, 5) is 14.8. The second-order valence-corrected chi connectivity index (χ2v) is 4.98. The normalized spacial score (nSPS) is 22.9. The maximum atomic E-state index is 5.76. The van der Waals surface area contributed by atoms with Gasteiger partial charge in [0.2, 0.25) is 11.9 Å².